The largest absolute Gasteiger partial charge is 0.393 e. The maximum atomic E-state index is 9.24. The zero-order valence-electron chi connectivity index (χ0n) is 7.79. The zero-order valence-corrected chi connectivity index (χ0v) is 7.79. The summed E-state index contributed by atoms with van der Waals surface area (Å²) >= 11 is 0. The number of aliphatic hydroxyl groups excluding tert-OH is 1. The first-order valence-corrected chi connectivity index (χ1v) is 4.80. The van der Waals surface area contributed by atoms with Gasteiger partial charge in [-0.3, -0.25) is 0 Å². The molecule has 0 fully saturated rings. The van der Waals surface area contributed by atoms with Gasteiger partial charge in [-0.2, -0.15) is 0 Å². The first-order chi connectivity index (χ1) is 5.68. The van der Waals surface area contributed by atoms with Crippen molar-refractivity contribution in [3.63, 3.8) is 0 Å². The summed E-state index contributed by atoms with van der Waals surface area (Å²) in [5, 5.41) is 9.24. The standard InChI is InChI=1S/C10H19NO/c1-8(11)2-3-9-4-6-10(12)7-5-9/h4,8,10,12H,2-3,5-7,11H2,1H3. The van der Waals surface area contributed by atoms with Crippen LogP contribution in [0, 0.1) is 0 Å². The second-order valence-electron chi connectivity index (χ2n) is 3.81. The highest BCUT2D eigenvalue weighted by Gasteiger charge is 2.11. The highest BCUT2D eigenvalue weighted by Crippen LogP contribution is 2.21. The molecule has 2 unspecified atom stereocenters. The van der Waals surface area contributed by atoms with Gasteiger partial charge in [0.15, 0.2) is 0 Å². The predicted octanol–water partition coefficient (Wildman–Crippen LogP) is 1.59. The second-order valence-corrected chi connectivity index (χ2v) is 3.81. The highest BCUT2D eigenvalue weighted by atomic mass is 16.3. The minimum Gasteiger partial charge on any atom is -0.393 e. The molecule has 2 nitrogen and oxygen atoms in total. The third-order valence-corrected chi connectivity index (χ3v) is 2.40. The van der Waals surface area contributed by atoms with Crippen LogP contribution in [0.2, 0.25) is 0 Å². The van der Waals surface area contributed by atoms with Crippen molar-refractivity contribution in [2.75, 3.05) is 0 Å². The number of aliphatic hydroxyl groups is 1. The van der Waals surface area contributed by atoms with Crippen molar-refractivity contribution in [2.45, 2.75) is 51.2 Å². The third kappa shape index (κ3) is 3.37. The summed E-state index contributed by atoms with van der Waals surface area (Å²) in [4.78, 5) is 0. The van der Waals surface area contributed by atoms with E-state index in [0.717, 1.165) is 32.1 Å². The van der Waals surface area contributed by atoms with Gasteiger partial charge in [-0.05, 0) is 39.0 Å². The third-order valence-electron chi connectivity index (χ3n) is 2.40. The van der Waals surface area contributed by atoms with Gasteiger partial charge in [0.25, 0.3) is 0 Å². The lowest BCUT2D eigenvalue weighted by Gasteiger charge is -2.17. The van der Waals surface area contributed by atoms with Gasteiger partial charge >= 0.3 is 0 Å². The summed E-state index contributed by atoms with van der Waals surface area (Å²) in [5.41, 5.74) is 7.14. The fourth-order valence-corrected chi connectivity index (χ4v) is 1.51. The molecule has 0 radical (unpaired) electrons. The summed E-state index contributed by atoms with van der Waals surface area (Å²) in [6, 6.07) is 0.303. The fraction of sp³-hybridized carbons (Fsp3) is 0.800. The number of hydrogen-bond acceptors (Lipinski definition) is 2. The Morgan fingerprint density at radius 2 is 2.50 bits per heavy atom. The molecule has 0 spiro atoms. The maximum Gasteiger partial charge on any atom is 0.0577 e. The Kier molecular flexibility index (Phi) is 3.76. The van der Waals surface area contributed by atoms with E-state index in [9.17, 15) is 5.11 Å². The van der Waals surface area contributed by atoms with Crippen LogP contribution in [-0.2, 0) is 0 Å². The van der Waals surface area contributed by atoms with Gasteiger partial charge in [0.2, 0.25) is 0 Å². The second kappa shape index (κ2) is 4.63. The van der Waals surface area contributed by atoms with E-state index in [1.165, 1.54) is 5.57 Å². The number of allylic oxidation sites excluding steroid dienone is 1. The molecule has 2 atom stereocenters. The number of hydrogen-bond donors (Lipinski definition) is 2. The van der Waals surface area contributed by atoms with Crippen LogP contribution in [0.4, 0.5) is 0 Å². The van der Waals surface area contributed by atoms with Crippen LogP contribution in [0.15, 0.2) is 11.6 Å². The van der Waals surface area contributed by atoms with Crippen molar-refractivity contribution in [2.24, 2.45) is 5.73 Å². The van der Waals surface area contributed by atoms with Crippen molar-refractivity contribution < 1.29 is 5.11 Å². The van der Waals surface area contributed by atoms with E-state index in [1.54, 1.807) is 0 Å². The summed E-state index contributed by atoms with van der Waals surface area (Å²) in [6.07, 6.45) is 7.11. The first kappa shape index (κ1) is 9.75. The maximum absolute atomic E-state index is 9.24. The van der Waals surface area contributed by atoms with Crippen LogP contribution in [0.1, 0.15) is 39.0 Å². The topological polar surface area (TPSA) is 46.2 Å². The predicted molar refractivity (Wildman–Crippen MR) is 50.8 cm³/mol. The summed E-state index contributed by atoms with van der Waals surface area (Å²) in [6.45, 7) is 2.04. The summed E-state index contributed by atoms with van der Waals surface area (Å²) in [7, 11) is 0. The summed E-state index contributed by atoms with van der Waals surface area (Å²) in [5.74, 6) is 0. The van der Waals surface area contributed by atoms with Gasteiger partial charge in [-0.1, -0.05) is 11.6 Å². The van der Waals surface area contributed by atoms with Crippen molar-refractivity contribution >= 4 is 0 Å². The monoisotopic (exact) mass is 169 g/mol. The smallest absolute Gasteiger partial charge is 0.0577 e. The molecular formula is C10H19NO. The minimum absolute atomic E-state index is 0.0935. The number of rotatable bonds is 3. The van der Waals surface area contributed by atoms with E-state index in [2.05, 4.69) is 6.08 Å². The molecule has 0 aromatic heterocycles. The van der Waals surface area contributed by atoms with Gasteiger partial charge in [-0.25, -0.2) is 0 Å². The van der Waals surface area contributed by atoms with Gasteiger partial charge in [0.05, 0.1) is 6.10 Å². The molecule has 0 bridgehead atoms. The average Bonchev–Trinajstić information content (AvgIpc) is 2.03. The lowest BCUT2D eigenvalue weighted by atomic mass is 9.93. The van der Waals surface area contributed by atoms with Crippen molar-refractivity contribution in [1.82, 2.24) is 0 Å². The normalized spacial score (nSPS) is 26.6. The number of nitrogens with two attached hydrogens (primary N) is 1. The molecule has 3 N–H and O–H groups in total. The molecule has 70 valence electrons. The Morgan fingerprint density at radius 1 is 1.75 bits per heavy atom. The van der Waals surface area contributed by atoms with Crippen molar-refractivity contribution in [1.29, 1.82) is 0 Å². The molecule has 1 rings (SSSR count). The van der Waals surface area contributed by atoms with E-state index in [1.807, 2.05) is 6.92 Å². The molecule has 0 aliphatic heterocycles. The molecule has 12 heavy (non-hydrogen) atoms. The van der Waals surface area contributed by atoms with Crippen molar-refractivity contribution in [3.05, 3.63) is 11.6 Å². The van der Waals surface area contributed by atoms with Crippen LogP contribution >= 0.6 is 0 Å². The first-order valence-electron chi connectivity index (χ1n) is 4.80. The van der Waals surface area contributed by atoms with Gasteiger partial charge < -0.3 is 10.8 Å². The summed E-state index contributed by atoms with van der Waals surface area (Å²) < 4.78 is 0. The van der Waals surface area contributed by atoms with E-state index < -0.39 is 0 Å². The van der Waals surface area contributed by atoms with Gasteiger partial charge in [0, 0.05) is 6.04 Å². The van der Waals surface area contributed by atoms with Crippen LogP contribution in [0.5, 0.6) is 0 Å². The Bertz CT molecular complexity index is 163. The van der Waals surface area contributed by atoms with E-state index in [4.69, 9.17) is 5.73 Å². The molecule has 0 aromatic carbocycles. The Balaban J connectivity index is 2.24. The Hall–Kier alpha value is -0.340. The van der Waals surface area contributed by atoms with Crippen molar-refractivity contribution in [3.8, 4) is 0 Å². The molecule has 1 aliphatic rings. The molecule has 0 aromatic rings. The lowest BCUT2D eigenvalue weighted by molar-refractivity contribution is 0.162. The Labute approximate surface area is 74.5 Å². The fourth-order valence-electron chi connectivity index (χ4n) is 1.51. The zero-order chi connectivity index (χ0) is 8.97. The SMILES string of the molecule is CC(N)CCC1=CCC(O)CC1. The van der Waals surface area contributed by atoms with Gasteiger partial charge in [0.1, 0.15) is 0 Å². The molecule has 0 saturated carbocycles. The molecule has 2 heteroatoms. The quantitative estimate of drug-likeness (QED) is 0.630. The molecule has 1 aliphatic carbocycles. The van der Waals surface area contributed by atoms with E-state index >= 15 is 0 Å². The molecular weight excluding hydrogens is 150 g/mol. The Morgan fingerprint density at radius 3 is 3.00 bits per heavy atom. The van der Waals surface area contributed by atoms with E-state index in [0.29, 0.717) is 6.04 Å². The van der Waals surface area contributed by atoms with E-state index in [-0.39, 0.29) is 6.10 Å². The van der Waals surface area contributed by atoms with Crippen LogP contribution in [-0.4, -0.2) is 17.3 Å². The van der Waals surface area contributed by atoms with Crippen LogP contribution in [0.25, 0.3) is 0 Å². The minimum atomic E-state index is -0.0935. The molecule has 0 heterocycles. The molecule has 0 amide bonds. The lowest BCUT2D eigenvalue weighted by Crippen LogP contribution is -2.16. The van der Waals surface area contributed by atoms with Gasteiger partial charge in [-0.15, -0.1) is 0 Å². The van der Waals surface area contributed by atoms with Crippen LogP contribution < -0.4 is 5.73 Å². The average molecular weight is 169 g/mol. The highest BCUT2D eigenvalue weighted by molar-refractivity contribution is 5.06. The molecule has 0 saturated heterocycles. The van der Waals surface area contributed by atoms with Crippen LogP contribution in [0.3, 0.4) is 0 Å².